The Hall–Kier alpha value is -2.49. The maximum atomic E-state index is 10.9. The number of piperazine rings is 2. The summed E-state index contributed by atoms with van der Waals surface area (Å²) in [6.45, 7) is 10.2. The molecule has 4 rings (SSSR count). The number of aliphatic carboxylic acids is 1. The van der Waals surface area contributed by atoms with Crippen molar-refractivity contribution in [2.24, 2.45) is 5.16 Å². The van der Waals surface area contributed by atoms with Gasteiger partial charge in [0.2, 0.25) is 0 Å². The molecular formula is C23H34N6O3. The molecule has 32 heavy (non-hydrogen) atoms. The molecule has 3 aliphatic heterocycles. The van der Waals surface area contributed by atoms with Gasteiger partial charge in [-0.1, -0.05) is 29.4 Å². The quantitative estimate of drug-likeness (QED) is 0.444. The lowest BCUT2D eigenvalue weighted by atomic mass is 10.0. The highest BCUT2D eigenvalue weighted by Gasteiger charge is 2.27. The van der Waals surface area contributed by atoms with Crippen molar-refractivity contribution in [1.82, 2.24) is 20.0 Å². The number of hydrogen-bond donors (Lipinski definition) is 3. The molecule has 3 aliphatic rings. The van der Waals surface area contributed by atoms with Crippen LogP contribution in [0.25, 0.3) is 0 Å². The monoisotopic (exact) mass is 442 g/mol. The first-order valence-corrected chi connectivity index (χ1v) is 11.5. The van der Waals surface area contributed by atoms with Crippen LogP contribution in [0.1, 0.15) is 31.4 Å². The van der Waals surface area contributed by atoms with Crippen LogP contribution < -0.4 is 5.32 Å². The molecule has 2 fully saturated rings. The number of carbonyl (C=O) groups is 1. The van der Waals surface area contributed by atoms with Crippen LogP contribution in [-0.4, -0.2) is 108 Å². The van der Waals surface area contributed by atoms with Crippen molar-refractivity contribution in [3.05, 3.63) is 35.4 Å². The predicted molar refractivity (Wildman–Crippen MR) is 123 cm³/mol. The molecule has 3 heterocycles. The van der Waals surface area contributed by atoms with Gasteiger partial charge >= 0.3 is 5.97 Å². The summed E-state index contributed by atoms with van der Waals surface area (Å²) in [5.41, 5.74) is 2.91. The Morgan fingerprint density at radius 1 is 1.12 bits per heavy atom. The number of hydrogen-bond acceptors (Lipinski definition) is 7. The molecular weight excluding hydrogens is 408 g/mol. The Labute approximate surface area is 189 Å². The van der Waals surface area contributed by atoms with Gasteiger partial charge in [0.25, 0.3) is 0 Å². The molecule has 0 spiro atoms. The number of benzene rings is 1. The predicted octanol–water partition coefficient (Wildman–Crippen LogP) is 0.889. The largest absolute Gasteiger partial charge is 0.480 e. The van der Waals surface area contributed by atoms with Gasteiger partial charge in [-0.15, -0.1) is 0 Å². The highest BCUT2D eigenvalue weighted by molar-refractivity contribution is 6.03. The van der Waals surface area contributed by atoms with Crippen molar-refractivity contribution < 1.29 is 14.7 Å². The molecule has 0 radical (unpaired) electrons. The average molecular weight is 443 g/mol. The van der Waals surface area contributed by atoms with Gasteiger partial charge in [0.1, 0.15) is 11.9 Å². The van der Waals surface area contributed by atoms with E-state index in [4.69, 9.17) is 15.4 Å². The molecule has 0 amide bonds. The third-order valence-electron chi connectivity index (χ3n) is 6.38. The standard InChI is InChI=1S/C23H34N6O3/c1-16-12-29(13-17(2)25-16)23(24)19-5-3-18(4-6-19)21-11-20(32-26-21)14-27-7-9-28(10-8-27)15-22(30)31/h3-6,16-17,20,24-25H,7-15H2,1-2H3,(H,30,31)/t16-,17+,20?. The molecule has 174 valence electrons. The van der Waals surface area contributed by atoms with Crippen molar-refractivity contribution in [3.8, 4) is 0 Å². The maximum Gasteiger partial charge on any atom is 0.317 e. The first-order valence-electron chi connectivity index (χ1n) is 11.5. The van der Waals surface area contributed by atoms with Crippen molar-refractivity contribution in [1.29, 1.82) is 5.41 Å². The molecule has 0 saturated carbocycles. The summed E-state index contributed by atoms with van der Waals surface area (Å²) < 4.78 is 0. The van der Waals surface area contributed by atoms with Gasteiger partial charge in [0.05, 0.1) is 12.3 Å². The first kappa shape index (κ1) is 22.7. The van der Waals surface area contributed by atoms with E-state index in [-0.39, 0.29) is 12.6 Å². The fourth-order valence-corrected chi connectivity index (χ4v) is 4.82. The number of nitrogens with zero attached hydrogens (tertiary/aromatic N) is 4. The van der Waals surface area contributed by atoms with E-state index in [1.54, 1.807) is 0 Å². The molecule has 1 unspecified atom stereocenters. The van der Waals surface area contributed by atoms with E-state index in [9.17, 15) is 4.79 Å². The molecule has 9 nitrogen and oxygen atoms in total. The zero-order valence-electron chi connectivity index (χ0n) is 19.0. The molecule has 2 saturated heterocycles. The molecule has 9 heteroatoms. The van der Waals surface area contributed by atoms with Crippen LogP contribution in [0.5, 0.6) is 0 Å². The molecule has 1 aromatic rings. The molecule has 0 aromatic heterocycles. The van der Waals surface area contributed by atoms with E-state index in [0.717, 1.165) is 69.1 Å². The third-order valence-corrected chi connectivity index (χ3v) is 6.38. The number of carboxylic acid groups (broad SMARTS) is 1. The maximum absolute atomic E-state index is 10.9. The summed E-state index contributed by atoms with van der Waals surface area (Å²) in [5.74, 6) is -0.199. The van der Waals surface area contributed by atoms with Crippen molar-refractivity contribution in [2.45, 2.75) is 38.5 Å². The Balaban J connectivity index is 1.26. The van der Waals surface area contributed by atoms with Crippen LogP contribution in [0, 0.1) is 5.41 Å². The Morgan fingerprint density at radius 2 is 1.75 bits per heavy atom. The summed E-state index contributed by atoms with van der Waals surface area (Å²) in [4.78, 5) is 23.0. The lowest BCUT2D eigenvalue weighted by Gasteiger charge is -2.37. The van der Waals surface area contributed by atoms with Crippen LogP contribution in [0.4, 0.5) is 0 Å². The topological polar surface area (TPSA) is 104 Å². The number of nitrogens with one attached hydrogen (secondary N) is 2. The minimum atomic E-state index is -0.770. The van der Waals surface area contributed by atoms with Crippen molar-refractivity contribution in [2.75, 3.05) is 52.4 Å². The summed E-state index contributed by atoms with van der Waals surface area (Å²) in [5, 5.41) is 25.4. The smallest absolute Gasteiger partial charge is 0.317 e. The first-order chi connectivity index (χ1) is 15.4. The van der Waals surface area contributed by atoms with Crippen LogP contribution in [-0.2, 0) is 9.63 Å². The van der Waals surface area contributed by atoms with Crippen molar-refractivity contribution in [3.63, 3.8) is 0 Å². The van der Waals surface area contributed by atoms with Gasteiger partial charge in [-0.2, -0.15) is 0 Å². The van der Waals surface area contributed by atoms with Gasteiger partial charge in [0.15, 0.2) is 0 Å². The number of amidine groups is 1. The summed E-state index contributed by atoms with van der Waals surface area (Å²) in [6.07, 6.45) is 0.789. The van der Waals surface area contributed by atoms with E-state index in [2.05, 4.69) is 34.1 Å². The molecule has 3 N–H and O–H groups in total. The molecule has 0 aliphatic carbocycles. The van der Waals surface area contributed by atoms with E-state index < -0.39 is 5.97 Å². The van der Waals surface area contributed by atoms with Gasteiger partial charge in [0, 0.05) is 69.9 Å². The van der Waals surface area contributed by atoms with E-state index in [1.807, 2.05) is 29.2 Å². The van der Waals surface area contributed by atoms with Gasteiger partial charge < -0.3 is 20.2 Å². The number of oxime groups is 1. The normalized spacial score (nSPS) is 27.1. The van der Waals surface area contributed by atoms with E-state index >= 15 is 0 Å². The SMILES string of the molecule is C[C@@H]1CN(C(=N)c2ccc(C3=NOC(CN4CCN(CC(=O)O)CC4)C3)cc2)C[C@H](C)N1. The fraction of sp³-hybridized carbons (Fsp3) is 0.609. The zero-order valence-corrected chi connectivity index (χ0v) is 19.0. The molecule has 1 aromatic carbocycles. The summed E-state index contributed by atoms with van der Waals surface area (Å²) >= 11 is 0. The van der Waals surface area contributed by atoms with E-state index in [1.165, 1.54) is 0 Å². The van der Waals surface area contributed by atoms with Gasteiger partial charge in [-0.05, 0) is 19.4 Å². The third kappa shape index (κ3) is 5.65. The minimum absolute atomic E-state index is 0.0258. The number of rotatable bonds is 6. The van der Waals surface area contributed by atoms with Crippen molar-refractivity contribution >= 4 is 17.5 Å². The summed E-state index contributed by atoms with van der Waals surface area (Å²) in [6, 6.07) is 8.84. The highest BCUT2D eigenvalue weighted by Crippen LogP contribution is 2.20. The molecule has 0 bridgehead atoms. The van der Waals surface area contributed by atoms with Crippen LogP contribution in [0.3, 0.4) is 0 Å². The van der Waals surface area contributed by atoms with Gasteiger partial charge in [-0.25, -0.2) is 0 Å². The lowest BCUT2D eigenvalue weighted by Crippen LogP contribution is -2.55. The second kappa shape index (κ2) is 9.97. The molecule has 3 atom stereocenters. The van der Waals surface area contributed by atoms with Crippen LogP contribution >= 0.6 is 0 Å². The minimum Gasteiger partial charge on any atom is -0.480 e. The van der Waals surface area contributed by atoms with Crippen LogP contribution in [0.2, 0.25) is 0 Å². The highest BCUT2D eigenvalue weighted by atomic mass is 16.6. The summed E-state index contributed by atoms with van der Waals surface area (Å²) in [7, 11) is 0. The lowest BCUT2D eigenvalue weighted by molar-refractivity contribution is -0.138. The Morgan fingerprint density at radius 3 is 2.38 bits per heavy atom. The van der Waals surface area contributed by atoms with Gasteiger partial charge in [-0.3, -0.25) is 20.0 Å². The fourth-order valence-electron chi connectivity index (χ4n) is 4.82. The zero-order chi connectivity index (χ0) is 22.7. The number of carboxylic acids is 1. The second-order valence-corrected chi connectivity index (χ2v) is 9.24. The Kier molecular flexibility index (Phi) is 7.07. The average Bonchev–Trinajstić information content (AvgIpc) is 3.22. The van der Waals surface area contributed by atoms with Crippen LogP contribution in [0.15, 0.2) is 29.4 Å². The second-order valence-electron chi connectivity index (χ2n) is 9.24. The Bertz CT molecular complexity index is 840. The van der Waals surface area contributed by atoms with E-state index in [0.29, 0.717) is 17.9 Å².